The molecule has 0 amide bonds. The molecule has 0 saturated carbocycles. The van der Waals surface area contributed by atoms with Crippen LogP contribution in [0.15, 0.2) is 34.1 Å². The normalized spacial score (nSPS) is 12.9. The number of hydrogen-bond donors (Lipinski definition) is 2. The third-order valence-electron chi connectivity index (χ3n) is 3.37. The summed E-state index contributed by atoms with van der Waals surface area (Å²) in [4.78, 5) is 15.5. The van der Waals surface area contributed by atoms with Crippen molar-refractivity contribution in [2.45, 2.75) is 6.54 Å². The first-order valence-electron chi connectivity index (χ1n) is 6.29. The Labute approximate surface area is 127 Å². The van der Waals surface area contributed by atoms with Crippen molar-refractivity contribution < 1.29 is 4.39 Å². The van der Waals surface area contributed by atoms with Crippen molar-refractivity contribution >= 4 is 44.7 Å². The third-order valence-corrected chi connectivity index (χ3v) is 3.79. The minimum absolute atomic E-state index is 0.319. The molecule has 0 spiro atoms. The number of benzene rings is 1. The molecule has 1 aromatic carbocycles. The lowest BCUT2D eigenvalue weighted by Gasteiger charge is -2.09. The molecule has 3 heterocycles. The van der Waals surface area contributed by atoms with Crippen LogP contribution in [-0.2, 0) is 6.54 Å². The number of halogens is 2. The monoisotopic (exact) mass is 345 g/mol. The van der Waals surface area contributed by atoms with Gasteiger partial charge in [0.05, 0.1) is 22.2 Å². The van der Waals surface area contributed by atoms with Gasteiger partial charge in [0.2, 0.25) is 0 Å². The van der Waals surface area contributed by atoms with Crippen molar-refractivity contribution in [1.82, 2.24) is 15.0 Å². The molecule has 0 fully saturated rings. The summed E-state index contributed by atoms with van der Waals surface area (Å²) >= 11 is 3.36. The predicted octanol–water partition coefficient (Wildman–Crippen LogP) is 3.54. The lowest BCUT2D eigenvalue weighted by molar-refractivity contribution is 0.630. The van der Waals surface area contributed by atoms with Gasteiger partial charge in [-0.2, -0.15) is 0 Å². The first-order valence-corrected chi connectivity index (χ1v) is 7.08. The van der Waals surface area contributed by atoms with Crippen LogP contribution >= 0.6 is 15.9 Å². The van der Waals surface area contributed by atoms with Crippen LogP contribution < -0.4 is 5.32 Å². The van der Waals surface area contributed by atoms with Crippen LogP contribution in [-0.4, -0.2) is 21.2 Å². The Bertz CT molecular complexity index is 886. The van der Waals surface area contributed by atoms with Crippen molar-refractivity contribution in [3.63, 3.8) is 0 Å². The maximum absolute atomic E-state index is 14.2. The number of anilines is 2. The number of aliphatic imine (C=N–C) groups is 1. The summed E-state index contributed by atoms with van der Waals surface area (Å²) in [5.41, 5.74) is 2.89. The molecule has 1 aliphatic heterocycles. The number of H-pyrrole nitrogens is 1. The standard InChI is InChI=1S/C14H9BrFN5/c15-12-3-9-13(18-6-19-14(9)21-12)20-11-2-8-5-17-4-7(8)1-10(11)16/h1-3,5-6H,4H2,(H2,18,19,20,21). The summed E-state index contributed by atoms with van der Waals surface area (Å²) in [5, 5.41) is 3.82. The minimum atomic E-state index is -0.319. The lowest BCUT2D eigenvalue weighted by atomic mass is 10.1. The van der Waals surface area contributed by atoms with E-state index in [0.717, 1.165) is 21.1 Å². The van der Waals surface area contributed by atoms with Gasteiger partial charge in [-0.05, 0) is 45.3 Å². The highest BCUT2D eigenvalue weighted by atomic mass is 79.9. The highest BCUT2D eigenvalue weighted by Crippen LogP contribution is 2.29. The Kier molecular flexibility index (Phi) is 2.75. The van der Waals surface area contributed by atoms with Crippen molar-refractivity contribution in [1.29, 1.82) is 0 Å². The summed E-state index contributed by atoms with van der Waals surface area (Å²) in [5.74, 6) is 0.233. The second kappa shape index (κ2) is 4.63. The van der Waals surface area contributed by atoms with E-state index in [2.05, 4.69) is 41.2 Å². The Hall–Kier alpha value is -2.28. The third kappa shape index (κ3) is 2.09. The number of aromatic nitrogens is 3. The number of nitrogens with one attached hydrogen (secondary N) is 2. The van der Waals surface area contributed by atoms with Crippen LogP contribution in [0, 0.1) is 5.82 Å². The van der Waals surface area contributed by atoms with Gasteiger partial charge in [0.15, 0.2) is 0 Å². The quantitative estimate of drug-likeness (QED) is 0.746. The van der Waals surface area contributed by atoms with Crippen LogP contribution in [0.1, 0.15) is 11.1 Å². The molecule has 104 valence electrons. The largest absolute Gasteiger partial charge is 0.337 e. The predicted molar refractivity (Wildman–Crippen MR) is 82.6 cm³/mol. The molecule has 1 aliphatic rings. The van der Waals surface area contributed by atoms with E-state index in [1.165, 1.54) is 12.4 Å². The summed E-state index contributed by atoms with van der Waals surface area (Å²) in [6, 6.07) is 5.11. The number of aromatic amines is 1. The molecular weight excluding hydrogens is 337 g/mol. The van der Waals surface area contributed by atoms with E-state index in [0.29, 0.717) is 23.7 Å². The molecule has 4 rings (SSSR count). The molecule has 2 N–H and O–H groups in total. The smallest absolute Gasteiger partial charge is 0.147 e. The van der Waals surface area contributed by atoms with E-state index in [-0.39, 0.29) is 5.82 Å². The average molecular weight is 346 g/mol. The first-order chi connectivity index (χ1) is 10.2. The fraction of sp³-hybridized carbons (Fsp3) is 0.0714. The molecule has 7 heteroatoms. The maximum Gasteiger partial charge on any atom is 0.147 e. The fourth-order valence-corrected chi connectivity index (χ4v) is 2.78. The number of nitrogens with zero attached hydrogens (tertiary/aromatic N) is 3. The SMILES string of the molecule is Fc1cc2c(cc1Nc1ncnc3[nH]c(Br)cc13)C=NC2. The molecule has 2 aromatic heterocycles. The van der Waals surface area contributed by atoms with Crippen LogP contribution in [0.25, 0.3) is 11.0 Å². The molecule has 0 atom stereocenters. The average Bonchev–Trinajstić information content (AvgIpc) is 3.04. The van der Waals surface area contributed by atoms with Gasteiger partial charge < -0.3 is 10.3 Å². The van der Waals surface area contributed by atoms with Gasteiger partial charge in [-0.25, -0.2) is 14.4 Å². The molecule has 0 bridgehead atoms. The number of fused-ring (bicyclic) bond motifs is 2. The van der Waals surface area contributed by atoms with Gasteiger partial charge in [-0.3, -0.25) is 4.99 Å². The van der Waals surface area contributed by atoms with Gasteiger partial charge in [0, 0.05) is 6.21 Å². The fourth-order valence-electron chi connectivity index (χ4n) is 2.36. The maximum atomic E-state index is 14.2. The number of rotatable bonds is 2. The molecule has 0 unspecified atom stereocenters. The Morgan fingerprint density at radius 1 is 1.24 bits per heavy atom. The minimum Gasteiger partial charge on any atom is -0.337 e. The van der Waals surface area contributed by atoms with Crippen molar-refractivity contribution in [3.8, 4) is 0 Å². The zero-order valence-corrected chi connectivity index (χ0v) is 12.3. The van der Waals surface area contributed by atoms with E-state index in [1.807, 2.05) is 6.07 Å². The lowest BCUT2D eigenvalue weighted by Crippen LogP contribution is -1.99. The highest BCUT2D eigenvalue weighted by Gasteiger charge is 2.14. The van der Waals surface area contributed by atoms with Gasteiger partial charge in [0.25, 0.3) is 0 Å². The van der Waals surface area contributed by atoms with Gasteiger partial charge in [-0.1, -0.05) is 0 Å². The van der Waals surface area contributed by atoms with Crippen molar-refractivity contribution in [2.24, 2.45) is 4.99 Å². The summed E-state index contributed by atoms with van der Waals surface area (Å²) < 4.78 is 15.0. The molecule has 0 saturated heterocycles. The Morgan fingerprint density at radius 3 is 3.05 bits per heavy atom. The summed E-state index contributed by atoms with van der Waals surface area (Å²) in [7, 11) is 0. The molecule has 0 radical (unpaired) electrons. The summed E-state index contributed by atoms with van der Waals surface area (Å²) in [6.07, 6.45) is 3.18. The molecule has 3 aromatic rings. The second-order valence-corrected chi connectivity index (χ2v) is 5.58. The Balaban J connectivity index is 1.80. The molecule has 5 nitrogen and oxygen atoms in total. The zero-order valence-electron chi connectivity index (χ0n) is 10.7. The first kappa shape index (κ1) is 12.5. The van der Waals surface area contributed by atoms with Crippen LogP contribution in [0.3, 0.4) is 0 Å². The molecule has 21 heavy (non-hydrogen) atoms. The van der Waals surface area contributed by atoms with Gasteiger partial charge in [0.1, 0.15) is 23.6 Å². The van der Waals surface area contributed by atoms with Crippen LogP contribution in [0.5, 0.6) is 0 Å². The summed E-state index contributed by atoms with van der Waals surface area (Å²) in [6.45, 7) is 0.537. The van der Waals surface area contributed by atoms with E-state index in [9.17, 15) is 4.39 Å². The highest BCUT2D eigenvalue weighted by molar-refractivity contribution is 9.10. The van der Waals surface area contributed by atoms with E-state index >= 15 is 0 Å². The topological polar surface area (TPSA) is 66.0 Å². The van der Waals surface area contributed by atoms with Crippen molar-refractivity contribution in [2.75, 3.05) is 5.32 Å². The van der Waals surface area contributed by atoms with Crippen LogP contribution in [0.4, 0.5) is 15.9 Å². The van der Waals surface area contributed by atoms with Gasteiger partial charge in [-0.15, -0.1) is 0 Å². The molecular formula is C14H9BrFN5. The molecule has 0 aliphatic carbocycles. The number of hydrogen-bond acceptors (Lipinski definition) is 4. The van der Waals surface area contributed by atoms with Crippen LogP contribution in [0.2, 0.25) is 0 Å². The van der Waals surface area contributed by atoms with E-state index in [1.54, 1.807) is 12.3 Å². The zero-order chi connectivity index (χ0) is 14.4. The second-order valence-electron chi connectivity index (χ2n) is 4.73. The van der Waals surface area contributed by atoms with Crippen molar-refractivity contribution in [3.05, 3.63) is 46.1 Å². The van der Waals surface area contributed by atoms with Gasteiger partial charge >= 0.3 is 0 Å². The Morgan fingerprint density at radius 2 is 2.14 bits per heavy atom. The van der Waals surface area contributed by atoms with E-state index < -0.39 is 0 Å². The van der Waals surface area contributed by atoms with E-state index in [4.69, 9.17) is 0 Å².